The minimum atomic E-state index is -0.936. The maximum atomic E-state index is 12.9. The summed E-state index contributed by atoms with van der Waals surface area (Å²) in [5.41, 5.74) is 7.84. The van der Waals surface area contributed by atoms with Gasteiger partial charge in [0.25, 0.3) is 11.8 Å². The number of rotatable bonds is 3. The monoisotopic (exact) mass is 396 g/mol. The van der Waals surface area contributed by atoms with Crippen molar-refractivity contribution in [1.29, 1.82) is 0 Å². The van der Waals surface area contributed by atoms with Crippen molar-refractivity contribution in [3.63, 3.8) is 0 Å². The van der Waals surface area contributed by atoms with Gasteiger partial charge in [-0.2, -0.15) is 0 Å². The highest BCUT2D eigenvalue weighted by molar-refractivity contribution is 6.23. The van der Waals surface area contributed by atoms with Crippen LogP contribution in [-0.2, 0) is 9.59 Å². The Morgan fingerprint density at radius 2 is 1.72 bits per heavy atom. The average molecular weight is 396 g/mol. The van der Waals surface area contributed by atoms with Crippen LogP contribution in [0.4, 0.5) is 5.69 Å². The summed E-state index contributed by atoms with van der Waals surface area (Å²) in [6.07, 6.45) is 5.73. The van der Waals surface area contributed by atoms with Crippen molar-refractivity contribution in [2.75, 3.05) is 5.32 Å². The van der Waals surface area contributed by atoms with Gasteiger partial charge in [-0.15, -0.1) is 0 Å². The average Bonchev–Trinajstić information content (AvgIpc) is 3.25. The zero-order valence-electron chi connectivity index (χ0n) is 16.1. The number of carbonyl (C=O) groups excluding carboxylic acids is 4. The van der Waals surface area contributed by atoms with Gasteiger partial charge in [-0.05, 0) is 62.1 Å². The fourth-order valence-electron chi connectivity index (χ4n) is 5.09. The predicted octanol–water partition coefficient (Wildman–Crippen LogP) is 1.16. The van der Waals surface area contributed by atoms with Crippen molar-refractivity contribution in [2.45, 2.75) is 63.1 Å². The third kappa shape index (κ3) is 2.93. The molecule has 4 aliphatic rings. The first-order valence-corrected chi connectivity index (χ1v) is 10.3. The number of anilines is 1. The van der Waals surface area contributed by atoms with Crippen LogP contribution >= 0.6 is 0 Å². The Morgan fingerprint density at radius 1 is 1.03 bits per heavy atom. The number of carbonyl (C=O) groups is 4. The molecule has 2 heterocycles. The first-order valence-electron chi connectivity index (χ1n) is 10.3. The second kappa shape index (κ2) is 6.38. The standard InChI is InChI=1S/C21H24N4O4/c22-16-10-21(16)7-5-11(6-8-21)23-12-1-2-13-14(9-12)20(29)25(19(13)28)15-3-4-17(26)24-18(15)27/h1-2,9,11,15-16,23H,3-8,10,22H2,(H,24,26,27). The Balaban J connectivity index is 1.31. The predicted molar refractivity (Wildman–Crippen MR) is 104 cm³/mol. The summed E-state index contributed by atoms with van der Waals surface area (Å²) in [7, 11) is 0. The van der Waals surface area contributed by atoms with Gasteiger partial charge in [-0.3, -0.25) is 29.4 Å². The molecule has 0 bridgehead atoms. The van der Waals surface area contributed by atoms with Gasteiger partial charge in [-0.1, -0.05) is 0 Å². The van der Waals surface area contributed by atoms with Gasteiger partial charge < -0.3 is 11.1 Å². The number of imide groups is 2. The molecule has 152 valence electrons. The SMILES string of the molecule is NC1CC12CCC(Nc1ccc3c(c1)C(=O)N(C1CCC(=O)NC1=O)C3=O)CC2. The van der Waals surface area contributed by atoms with E-state index in [1.54, 1.807) is 12.1 Å². The van der Waals surface area contributed by atoms with Crippen molar-refractivity contribution < 1.29 is 19.2 Å². The molecule has 2 atom stereocenters. The molecule has 2 aliphatic carbocycles. The van der Waals surface area contributed by atoms with Gasteiger partial charge in [0.05, 0.1) is 11.1 Å². The van der Waals surface area contributed by atoms with Crippen molar-refractivity contribution in [3.05, 3.63) is 29.3 Å². The Kier molecular flexibility index (Phi) is 4.03. The minimum Gasteiger partial charge on any atom is -0.382 e. The number of nitrogens with two attached hydrogens (primary N) is 1. The summed E-state index contributed by atoms with van der Waals surface area (Å²) in [6.45, 7) is 0. The highest BCUT2D eigenvalue weighted by atomic mass is 16.2. The molecule has 4 N–H and O–H groups in total. The van der Waals surface area contributed by atoms with Crippen LogP contribution in [0.5, 0.6) is 0 Å². The lowest BCUT2D eigenvalue weighted by Crippen LogP contribution is -2.54. The molecular formula is C21H24N4O4. The minimum absolute atomic E-state index is 0.115. The van der Waals surface area contributed by atoms with Crippen molar-refractivity contribution in [3.8, 4) is 0 Å². The Morgan fingerprint density at radius 3 is 2.38 bits per heavy atom. The van der Waals surface area contributed by atoms with Gasteiger partial charge in [0.2, 0.25) is 11.8 Å². The van der Waals surface area contributed by atoms with Crippen LogP contribution in [0.25, 0.3) is 0 Å². The molecule has 2 saturated carbocycles. The number of amides is 4. The number of hydrogen-bond donors (Lipinski definition) is 3. The van der Waals surface area contributed by atoms with E-state index < -0.39 is 23.8 Å². The van der Waals surface area contributed by atoms with Gasteiger partial charge in [0, 0.05) is 24.2 Å². The largest absolute Gasteiger partial charge is 0.382 e. The summed E-state index contributed by atoms with van der Waals surface area (Å²) in [5.74, 6) is -1.93. The Labute approximate surface area is 168 Å². The second-order valence-electron chi connectivity index (χ2n) is 8.80. The molecule has 0 radical (unpaired) electrons. The highest BCUT2D eigenvalue weighted by Gasteiger charge is 2.52. The van der Waals surface area contributed by atoms with Gasteiger partial charge >= 0.3 is 0 Å². The fourth-order valence-corrected chi connectivity index (χ4v) is 5.09. The normalized spacial score (nSPS) is 33.7. The van der Waals surface area contributed by atoms with E-state index in [0.29, 0.717) is 28.6 Å². The third-order valence-electron chi connectivity index (χ3n) is 7.04. The van der Waals surface area contributed by atoms with Gasteiger partial charge in [0.1, 0.15) is 6.04 Å². The smallest absolute Gasteiger partial charge is 0.262 e. The van der Waals surface area contributed by atoms with Crippen LogP contribution in [0.15, 0.2) is 18.2 Å². The molecule has 1 saturated heterocycles. The number of piperidine rings is 1. The molecule has 3 fully saturated rings. The van der Waals surface area contributed by atoms with Gasteiger partial charge in [0.15, 0.2) is 0 Å². The van der Waals surface area contributed by atoms with E-state index in [4.69, 9.17) is 5.73 Å². The number of nitrogens with zero attached hydrogens (tertiary/aromatic N) is 1. The van der Waals surface area contributed by atoms with E-state index in [2.05, 4.69) is 10.6 Å². The molecular weight excluding hydrogens is 372 g/mol. The molecule has 1 aromatic rings. The van der Waals surface area contributed by atoms with Crippen LogP contribution < -0.4 is 16.4 Å². The molecule has 29 heavy (non-hydrogen) atoms. The summed E-state index contributed by atoms with van der Waals surface area (Å²) >= 11 is 0. The molecule has 8 nitrogen and oxygen atoms in total. The molecule has 2 unspecified atom stereocenters. The number of benzene rings is 1. The van der Waals surface area contributed by atoms with Crippen molar-refractivity contribution in [1.82, 2.24) is 10.2 Å². The topological polar surface area (TPSA) is 122 Å². The zero-order valence-corrected chi connectivity index (χ0v) is 16.1. The van der Waals surface area contributed by atoms with Gasteiger partial charge in [-0.25, -0.2) is 0 Å². The lowest BCUT2D eigenvalue weighted by molar-refractivity contribution is -0.136. The fraction of sp³-hybridized carbons (Fsp3) is 0.524. The number of fused-ring (bicyclic) bond motifs is 1. The molecule has 4 amide bonds. The molecule has 1 spiro atoms. The van der Waals surface area contributed by atoms with Crippen molar-refractivity contribution >= 4 is 29.3 Å². The summed E-state index contributed by atoms with van der Waals surface area (Å²) < 4.78 is 0. The van der Waals surface area contributed by atoms with Crippen molar-refractivity contribution in [2.24, 2.45) is 11.1 Å². The third-order valence-corrected chi connectivity index (χ3v) is 7.04. The summed E-state index contributed by atoms with van der Waals surface area (Å²) in [4.78, 5) is 50.2. The molecule has 1 aromatic carbocycles. The van der Waals surface area contributed by atoms with E-state index >= 15 is 0 Å². The molecule has 2 aliphatic heterocycles. The first-order chi connectivity index (χ1) is 13.9. The summed E-state index contributed by atoms with van der Waals surface area (Å²) in [6, 6.07) is 4.90. The molecule has 8 heteroatoms. The van der Waals surface area contributed by atoms with E-state index in [1.807, 2.05) is 6.07 Å². The van der Waals surface area contributed by atoms with Crippen LogP contribution in [-0.4, -0.2) is 46.7 Å². The zero-order chi connectivity index (χ0) is 20.3. The summed E-state index contributed by atoms with van der Waals surface area (Å²) in [5, 5.41) is 5.70. The lowest BCUT2D eigenvalue weighted by atomic mass is 9.82. The van der Waals surface area contributed by atoms with E-state index in [9.17, 15) is 19.2 Å². The molecule has 0 aromatic heterocycles. The number of nitrogens with one attached hydrogen (secondary N) is 2. The number of hydrogen-bond acceptors (Lipinski definition) is 6. The maximum absolute atomic E-state index is 12.9. The van der Waals surface area contributed by atoms with Crippen LogP contribution in [0.1, 0.15) is 65.7 Å². The Bertz CT molecular complexity index is 935. The second-order valence-corrected chi connectivity index (χ2v) is 8.80. The van der Waals surface area contributed by atoms with Crippen LogP contribution in [0, 0.1) is 5.41 Å². The van der Waals surface area contributed by atoms with Crippen LogP contribution in [0.3, 0.4) is 0 Å². The van der Waals surface area contributed by atoms with E-state index in [-0.39, 0.29) is 18.7 Å². The maximum Gasteiger partial charge on any atom is 0.262 e. The Hall–Kier alpha value is -2.74. The van der Waals surface area contributed by atoms with Crippen LogP contribution in [0.2, 0.25) is 0 Å². The highest BCUT2D eigenvalue weighted by Crippen LogP contribution is 2.55. The molecule has 5 rings (SSSR count). The van der Waals surface area contributed by atoms with E-state index in [1.165, 1.54) is 0 Å². The quantitative estimate of drug-likeness (QED) is 0.659. The first kappa shape index (κ1) is 18.3. The van der Waals surface area contributed by atoms with E-state index in [0.717, 1.165) is 42.7 Å². The lowest BCUT2D eigenvalue weighted by Gasteiger charge is -2.30.